The lowest BCUT2D eigenvalue weighted by molar-refractivity contribution is -0.200. The summed E-state index contributed by atoms with van der Waals surface area (Å²) in [5.74, 6) is -1.66. The second kappa shape index (κ2) is 5.38. The van der Waals surface area contributed by atoms with Crippen LogP contribution in [0.15, 0.2) is 4.90 Å². The van der Waals surface area contributed by atoms with E-state index in [-0.39, 0.29) is 5.69 Å². The molecular weight excluding hydrogens is 307 g/mol. The molecule has 114 valence electrons. The van der Waals surface area contributed by atoms with Crippen molar-refractivity contribution in [2.45, 2.75) is 24.1 Å². The number of carboxylic acid groups (broad SMARTS) is 1. The van der Waals surface area contributed by atoms with Gasteiger partial charge in [-0.05, 0) is 6.92 Å². The van der Waals surface area contributed by atoms with Gasteiger partial charge in [0.05, 0.1) is 5.69 Å². The highest BCUT2D eigenvalue weighted by Gasteiger charge is 2.39. The molecule has 1 heterocycles. The predicted molar refractivity (Wildman–Crippen MR) is 57.5 cm³/mol. The number of carboxylic acids is 1. The first-order valence-corrected chi connectivity index (χ1v) is 6.48. The Morgan fingerprint density at radius 2 is 2.05 bits per heavy atom. The zero-order chi connectivity index (χ0) is 15.7. The molecule has 1 atom stereocenters. The normalized spacial score (nSPS) is 14.2. The summed E-state index contributed by atoms with van der Waals surface area (Å²) in [6, 6.07) is 0. The Labute approximate surface area is 110 Å². The minimum Gasteiger partial charge on any atom is -0.476 e. The number of nitrogens with zero attached hydrogens (tertiary/aromatic N) is 1. The molecular formula is C8H10F3N3O5S. The van der Waals surface area contributed by atoms with Crippen molar-refractivity contribution in [1.82, 2.24) is 14.9 Å². The second-order valence-electron chi connectivity index (χ2n) is 3.74. The number of halogens is 3. The van der Waals surface area contributed by atoms with E-state index in [9.17, 15) is 26.4 Å². The summed E-state index contributed by atoms with van der Waals surface area (Å²) in [4.78, 5) is 10.00. The third kappa shape index (κ3) is 3.46. The Hall–Kier alpha value is -1.66. The van der Waals surface area contributed by atoms with Gasteiger partial charge >= 0.3 is 12.1 Å². The molecule has 0 aliphatic heterocycles. The molecule has 1 aromatic rings. The van der Waals surface area contributed by atoms with Crippen LogP contribution in [0.3, 0.4) is 0 Å². The van der Waals surface area contributed by atoms with Gasteiger partial charge in [-0.2, -0.15) is 18.3 Å². The van der Waals surface area contributed by atoms with Crippen molar-refractivity contribution in [3.63, 3.8) is 0 Å². The minimum atomic E-state index is -5.00. The Kier molecular flexibility index (Phi) is 4.41. The number of H-pyrrole nitrogens is 1. The van der Waals surface area contributed by atoms with Crippen LogP contribution in [0.25, 0.3) is 0 Å². The summed E-state index contributed by atoms with van der Waals surface area (Å²) in [6.07, 6.45) is -7.90. The fraction of sp³-hybridized carbons (Fsp3) is 0.500. The van der Waals surface area contributed by atoms with Crippen molar-refractivity contribution in [3.05, 3.63) is 11.4 Å². The van der Waals surface area contributed by atoms with Crippen LogP contribution >= 0.6 is 0 Å². The number of aryl methyl sites for hydroxylation is 1. The van der Waals surface area contributed by atoms with Gasteiger partial charge in [0.25, 0.3) is 0 Å². The van der Waals surface area contributed by atoms with Crippen LogP contribution in [0, 0.1) is 6.92 Å². The Morgan fingerprint density at radius 3 is 2.50 bits per heavy atom. The molecule has 1 unspecified atom stereocenters. The molecule has 0 radical (unpaired) electrons. The molecule has 0 saturated heterocycles. The third-order valence-corrected chi connectivity index (χ3v) is 3.79. The molecule has 0 amide bonds. The first-order valence-electron chi connectivity index (χ1n) is 4.99. The molecule has 1 rings (SSSR count). The monoisotopic (exact) mass is 317 g/mol. The van der Waals surface area contributed by atoms with Crippen molar-refractivity contribution in [1.29, 1.82) is 0 Å². The number of aromatic amines is 1. The summed E-state index contributed by atoms with van der Waals surface area (Å²) in [7, 11) is -4.56. The average molecular weight is 317 g/mol. The van der Waals surface area contributed by atoms with Crippen molar-refractivity contribution >= 4 is 16.0 Å². The first kappa shape index (κ1) is 16.4. The standard InChI is InChI=1S/C8H10F3N3O5S/c1-3-6(5(7(16)17)14-13-3)20(18,19)12-2-4(15)8(9,10)11/h4,12,15H,2H2,1H3,(H,13,14)(H,16,17). The van der Waals surface area contributed by atoms with Crippen molar-refractivity contribution < 1.29 is 36.6 Å². The number of hydrogen-bond donors (Lipinski definition) is 4. The number of aliphatic hydroxyl groups is 1. The minimum absolute atomic E-state index is 0.156. The van der Waals surface area contributed by atoms with Gasteiger partial charge in [0.15, 0.2) is 11.8 Å². The van der Waals surface area contributed by atoms with E-state index in [4.69, 9.17) is 10.2 Å². The van der Waals surface area contributed by atoms with Crippen LogP contribution in [0.5, 0.6) is 0 Å². The highest BCUT2D eigenvalue weighted by Crippen LogP contribution is 2.21. The quantitative estimate of drug-likeness (QED) is 0.585. The third-order valence-electron chi connectivity index (χ3n) is 2.21. The molecule has 0 aliphatic carbocycles. The van der Waals surface area contributed by atoms with Gasteiger partial charge in [-0.15, -0.1) is 0 Å². The van der Waals surface area contributed by atoms with Crippen LogP contribution in [-0.4, -0.2) is 53.6 Å². The highest BCUT2D eigenvalue weighted by molar-refractivity contribution is 7.89. The van der Waals surface area contributed by atoms with Crippen LogP contribution in [0.2, 0.25) is 0 Å². The summed E-state index contributed by atoms with van der Waals surface area (Å²) in [5.41, 5.74) is -1.01. The summed E-state index contributed by atoms with van der Waals surface area (Å²) < 4.78 is 61.2. The zero-order valence-corrected chi connectivity index (χ0v) is 10.7. The number of carbonyl (C=O) groups is 1. The van der Waals surface area contributed by atoms with Gasteiger partial charge < -0.3 is 10.2 Å². The zero-order valence-electron chi connectivity index (χ0n) is 9.89. The molecule has 20 heavy (non-hydrogen) atoms. The van der Waals surface area contributed by atoms with Gasteiger partial charge in [0.1, 0.15) is 4.90 Å². The Bertz CT molecular complexity index is 609. The van der Waals surface area contributed by atoms with Gasteiger partial charge in [-0.25, -0.2) is 17.9 Å². The molecule has 0 saturated carbocycles. The highest BCUT2D eigenvalue weighted by atomic mass is 32.2. The maximum absolute atomic E-state index is 12.1. The van der Waals surface area contributed by atoms with Crippen molar-refractivity contribution in [2.75, 3.05) is 6.54 Å². The van der Waals surface area contributed by atoms with Gasteiger partial charge in [0.2, 0.25) is 10.0 Å². The van der Waals surface area contributed by atoms with E-state index >= 15 is 0 Å². The van der Waals surface area contributed by atoms with Crippen molar-refractivity contribution in [2.24, 2.45) is 0 Å². The lowest BCUT2D eigenvalue weighted by Crippen LogP contribution is -2.41. The van der Waals surface area contributed by atoms with E-state index in [0.717, 1.165) is 0 Å². The van der Waals surface area contributed by atoms with Gasteiger partial charge in [-0.3, -0.25) is 5.10 Å². The predicted octanol–water partition coefficient (Wildman–Crippen LogP) is -0.382. The summed E-state index contributed by atoms with van der Waals surface area (Å²) in [5, 5.41) is 22.8. The topological polar surface area (TPSA) is 132 Å². The number of sulfonamides is 1. The smallest absolute Gasteiger partial charge is 0.415 e. The maximum atomic E-state index is 12.1. The number of nitrogens with one attached hydrogen (secondary N) is 2. The second-order valence-corrected chi connectivity index (χ2v) is 5.44. The molecule has 0 fully saturated rings. The van der Waals surface area contributed by atoms with Crippen LogP contribution < -0.4 is 4.72 Å². The molecule has 0 aromatic carbocycles. The molecule has 4 N–H and O–H groups in total. The van der Waals surface area contributed by atoms with Crippen molar-refractivity contribution in [3.8, 4) is 0 Å². The van der Waals surface area contributed by atoms with E-state index in [0.29, 0.717) is 0 Å². The van der Waals surface area contributed by atoms with E-state index < -0.39 is 45.4 Å². The summed E-state index contributed by atoms with van der Waals surface area (Å²) in [6.45, 7) is -0.149. The fourth-order valence-corrected chi connectivity index (χ4v) is 2.63. The lowest BCUT2D eigenvalue weighted by atomic mass is 10.4. The van der Waals surface area contributed by atoms with E-state index in [1.165, 1.54) is 11.6 Å². The Morgan fingerprint density at radius 1 is 1.50 bits per heavy atom. The average Bonchev–Trinajstić information content (AvgIpc) is 2.67. The fourth-order valence-electron chi connectivity index (χ4n) is 1.27. The van der Waals surface area contributed by atoms with Gasteiger partial charge in [-0.1, -0.05) is 0 Å². The molecule has 12 heteroatoms. The summed E-state index contributed by atoms with van der Waals surface area (Å²) >= 11 is 0. The van der Waals surface area contributed by atoms with Gasteiger partial charge in [0, 0.05) is 6.54 Å². The van der Waals surface area contributed by atoms with E-state index in [1.807, 2.05) is 0 Å². The molecule has 1 aromatic heterocycles. The molecule has 0 bridgehead atoms. The molecule has 0 aliphatic rings. The largest absolute Gasteiger partial charge is 0.476 e. The maximum Gasteiger partial charge on any atom is 0.415 e. The number of alkyl halides is 3. The van der Waals surface area contributed by atoms with Crippen LogP contribution in [-0.2, 0) is 10.0 Å². The first-order chi connectivity index (χ1) is 8.97. The Balaban J connectivity index is 3.02. The van der Waals surface area contributed by atoms with Crippen LogP contribution in [0.4, 0.5) is 13.2 Å². The van der Waals surface area contributed by atoms with E-state index in [2.05, 4.69) is 10.2 Å². The van der Waals surface area contributed by atoms with Crippen LogP contribution in [0.1, 0.15) is 16.2 Å². The number of rotatable bonds is 5. The number of hydrogen-bond acceptors (Lipinski definition) is 5. The number of aromatic carboxylic acids is 1. The number of aliphatic hydroxyl groups excluding tert-OH is 1. The number of aromatic nitrogens is 2. The van der Waals surface area contributed by atoms with E-state index in [1.54, 1.807) is 0 Å². The SMILES string of the molecule is Cc1[nH]nc(C(=O)O)c1S(=O)(=O)NCC(O)C(F)(F)F. The molecule has 0 spiro atoms. The lowest BCUT2D eigenvalue weighted by Gasteiger charge is -2.15. The molecule has 8 nitrogen and oxygen atoms in total.